The van der Waals surface area contributed by atoms with Crippen molar-refractivity contribution in [3.8, 4) is 11.5 Å². The van der Waals surface area contributed by atoms with E-state index in [0.29, 0.717) is 42.7 Å². The number of amides is 2. The van der Waals surface area contributed by atoms with E-state index >= 15 is 0 Å². The zero-order chi connectivity index (χ0) is 16.6. The van der Waals surface area contributed by atoms with Crippen LogP contribution in [0.4, 0.5) is 0 Å². The van der Waals surface area contributed by atoms with E-state index in [9.17, 15) is 14.7 Å². The molecule has 6 heteroatoms. The van der Waals surface area contributed by atoms with Crippen molar-refractivity contribution < 1.29 is 24.2 Å². The van der Waals surface area contributed by atoms with Gasteiger partial charge in [0, 0.05) is 24.4 Å². The number of carbonyl (C=O) groups excluding carboxylic acids is 2. The van der Waals surface area contributed by atoms with Crippen molar-refractivity contribution >= 4 is 11.8 Å². The summed E-state index contributed by atoms with van der Waals surface area (Å²) in [7, 11) is 3.01. The summed E-state index contributed by atoms with van der Waals surface area (Å²) in [6.07, 6.45) is 1.80. The smallest absolute Gasteiger partial charge is 0.264 e. The summed E-state index contributed by atoms with van der Waals surface area (Å²) in [6, 6.07) is 4.70. The highest BCUT2D eigenvalue weighted by Gasteiger charge is 2.46. The van der Waals surface area contributed by atoms with Gasteiger partial charge < -0.3 is 14.6 Å². The topological polar surface area (TPSA) is 76.1 Å². The van der Waals surface area contributed by atoms with Gasteiger partial charge in [-0.1, -0.05) is 0 Å². The van der Waals surface area contributed by atoms with E-state index in [1.54, 1.807) is 18.2 Å². The second-order valence-corrected chi connectivity index (χ2v) is 6.05. The van der Waals surface area contributed by atoms with Gasteiger partial charge in [-0.15, -0.1) is 0 Å². The van der Waals surface area contributed by atoms with E-state index in [1.807, 2.05) is 0 Å². The number of hydrogen-bond acceptors (Lipinski definition) is 5. The summed E-state index contributed by atoms with van der Waals surface area (Å²) in [5, 5.41) is 10.1. The number of methoxy groups -OCH3 is 2. The second kappa shape index (κ2) is 6.20. The quantitative estimate of drug-likeness (QED) is 0.857. The molecule has 1 saturated heterocycles. The number of piperidine rings is 1. The lowest BCUT2D eigenvalue weighted by Crippen LogP contribution is -2.51. The molecule has 3 unspecified atom stereocenters. The highest BCUT2D eigenvalue weighted by atomic mass is 16.5. The van der Waals surface area contributed by atoms with Crippen LogP contribution in [0.15, 0.2) is 18.2 Å². The van der Waals surface area contributed by atoms with Gasteiger partial charge in [0.1, 0.15) is 11.5 Å². The Balaban J connectivity index is 1.94. The highest BCUT2D eigenvalue weighted by molar-refractivity contribution is 6.07. The first-order chi connectivity index (χ1) is 11.1. The molecule has 3 rings (SSSR count). The Bertz CT molecular complexity index is 629. The van der Waals surface area contributed by atoms with E-state index in [0.717, 1.165) is 0 Å². The van der Waals surface area contributed by atoms with Crippen LogP contribution in [0.5, 0.6) is 11.5 Å². The third-order valence-electron chi connectivity index (χ3n) is 4.90. The number of imide groups is 1. The van der Waals surface area contributed by atoms with E-state index < -0.39 is 6.10 Å². The molecule has 1 aromatic carbocycles. The lowest BCUT2D eigenvalue weighted by molar-refractivity contribution is -0.135. The average molecular weight is 319 g/mol. The standard InChI is InChI=1S/C17H21NO5/c1-22-10-3-4-12(15(9-10)23-2)17(21)18-13-6-7-14(19)11(13)5-8-16(18)20/h3-4,9,11,13-14,19H,5-8H2,1-2H3. The molecule has 0 spiro atoms. The third-order valence-corrected chi connectivity index (χ3v) is 4.90. The Kier molecular flexibility index (Phi) is 4.26. The predicted molar refractivity (Wildman–Crippen MR) is 82.5 cm³/mol. The number of nitrogens with zero attached hydrogens (tertiary/aromatic N) is 1. The first kappa shape index (κ1) is 15.8. The molecule has 6 nitrogen and oxygen atoms in total. The van der Waals surface area contributed by atoms with Gasteiger partial charge in [-0.25, -0.2) is 0 Å². The van der Waals surface area contributed by atoms with Crippen molar-refractivity contribution in [2.75, 3.05) is 14.2 Å². The number of ether oxygens (including phenoxy) is 2. The van der Waals surface area contributed by atoms with Crippen LogP contribution in [0.25, 0.3) is 0 Å². The normalized spacial score (nSPS) is 26.8. The number of hydrogen-bond donors (Lipinski definition) is 1. The molecule has 2 amide bonds. The van der Waals surface area contributed by atoms with E-state index in [-0.39, 0.29) is 23.8 Å². The third kappa shape index (κ3) is 2.67. The molecule has 3 atom stereocenters. The van der Waals surface area contributed by atoms with Gasteiger partial charge in [0.25, 0.3) is 5.91 Å². The van der Waals surface area contributed by atoms with Crippen molar-refractivity contribution in [1.82, 2.24) is 4.90 Å². The summed E-state index contributed by atoms with van der Waals surface area (Å²) in [5.74, 6) is 0.405. The molecule has 0 aromatic heterocycles. The number of likely N-dealkylation sites (tertiary alicyclic amines) is 1. The molecule has 1 N–H and O–H groups in total. The largest absolute Gasteiger partial charge is 0.497 e. The Hall–Kier alpha value is -2.08. The fraction of sp³-hybridized carbons (Fsp3) is 0.529. The zero-order valence-corrected chi connectivity index (χ0v) is 13.3. The molecule has 1 aliphatic heterocycles. The molecular weight excluding hydrogens is 298 g/mol. The number of benzene rings is 1. The first-order valence-electron chi connectivity index (χ1n) is 7.83. The minimum Gasteiger partial charge on any atom is -0.497 e. The van der Waals surface area contributed by atoms with Gasteiger partial charge >= 0.3 is 0 Å². The van der Waals surface area contributed by atoms with Crippen LogP contribution in [-0.2, 0) is 4.79 Å². The Morgan fingerprint density at radius 2 is 2.00 bits per heavy atom. The summed E-state index contributed by atoms with van der Waals surface area (Å²) < 4.78 is 10.4. The molecule has 0 radical (unpaired) electrons. The molecule has 1 saturated carbocycles. The van der Waals surface area contributed by atoms with Crippen LogP contribution in [0, 0.1) is 5.92 Å². The van der Waals surface area contributed by atoms with Gasteiger partial charge in [-0.05, 0) is 31.4 Å². The maximum atomic E-state index is 12.9. The molecule has 2 fully saturated rings. The van der Waals surface area contributed by atoms with Gasteiger partial charge in [-0.2, -0.15) is 0 Å². The minimum absolute atomic E-state index is 0.0131. The van der Waals surface area contributed by atoms with Crippen LogP contribution in [-0.4, -0.2) is 48.2 Å². The SMILES string of the molecule is COc1ccc(C(=O)N2C(=O)CCC3C(O)CCC32)c(OC)c1. The van der Waals surface area contributed by atoms with Gasteiger partial charge in [-0.3, -0.25) is 14.5 Å². The fourth-order valence-electron chi connectivity index (χ4n) is 3.70. The summed E-state index contributed by atoms with van der Waals surface area (Å²) in [5.41, 5.74) is 0.337. The number of fused-ring (bicyclic) bond motifs is 1. The monoisotopic (exact) mass is 319 g/mol. The Labute approximate surface area is 135 Å². The summed E-state index contributed by atoms with van der Waals surface area (Å²) >= 11 is 0. The van der Waals surface area contributed by atoms with Crippen LogP contribution < -0.4 is 9.47 Å². The van der Waals surface area contributed by atoms with Gasteiger partial charge in [0.2, 0.25) is 5.91 Å². The van der Waals surface area contributed by atoms with Crippen molar-refractivity contribution in [2.45, 2.75) is 37.8 Å². The van der Waals surface area contributed by atoms with Crippen molar-refractivity contribution in [3.63, 3.8) is 0 Å². The molecule has 124 valence electrons. The number of carbonyl (C=O) groups is 2. The van der Waals surface area contributed by atoms with Crippen LogP contribution >= 0.6 is 0 Å². The van der Waals surface area contributed by atoms with Crippen molar-refractivity contribution in [3.05, 3.63) is 23.8 Å². The lowest BCUT2D eigenvalue weighted by atomic mass is 9.89. The predicted octanol–water partition coefficient (Wildman–Crippen LogP) is 1.61. The van der Waals surface area contributed by atoms with Crippen LogP contribution in [0.1, 0.15) is 36.0 Å². The maximum absolute atomic E-state index is 12.9. The van der Waals surface area contributed by atoms with Gasteiger partial charge in [0.15, 0.2) is 0 Å². The minimum atomic E-state index is -0.429. The molecular formula is C17H21NO5. The summed E-state index contributed by atoms with van der Waals surface area (Å²) in [4.78, 5) is 26.6. The molecule has 1 aromatic rings. The zero-order valence-electron chi connectivity index (χ0n) is 13.3. The fourth-order valence-corrected chi connectivity index (χ4v) is 3.70. The highest BCUT2D eigenvalue weighted by Crippen LogP contribution is 2.39. The summed E-state index contributed by atoms with van der Waals surface area (Å²) in [6.45, 7) is 0. The maximum Gasteiger partial charge on any atom is 0.264 e. The van der Waals surface area contributed by atoms with E-state index in [2.05, 4.69) is 0 Å². The van der Waals surface area contributed by atoms with Crippen LogP contribution in [0.3, 0.4) is 0 Å². The lowest BCUT2D eigenvalue weighted by Gasteiger charge is -2.37. The number of aliphatic hydroxyl groups excluding tert-OH is 1. The molecule has 2 aliphatic rings. The van der Waals surface area contributed by atoms with Gasteiger partial charge in [0.05, 0.1) is 25.9 Å². The molecule has 1 heterocycles. The second-order valence-electron chi connectivity index (χ2n) is 6.05. The first-order valence-corrected chi connectivity index (χ1v) is 7.83. The number of rotatable bonds is 3. The number of aliphatic hydroxyl groups is 1. The van der Waals surface area contributed by atoms with Crippen LogP contribution in [0.2, 0.25) is 0 Å². The molecule has 1 aliphatic carbocycles. The van der Waals surface area contributed by atoms with Crippen molar-refractivity contribution in [2.24, 2.45) is 5.92 Å². The van der Waals surface area contributed by atoms with Crippen molar-refractivity contribution in [1.29, 1.82) is 0 Å². The van der Waals surface area contributed by atoms with E-state index in [1.165, 1.54) is 19.1 Å². The Morgan fingerprint density at radius 3 is 2.70 bits per heavy atom. The molecule has 23 heavy (non-hydrogen) atoms. The Morgan fingerprint density at radius 1 is 1.22 bits per heavy atom. The van der Waals surface area contributed by atoms with E-state index in [4.69, 9.17) is 9.47 Å². The average Bonchev–Trinajstić information content (AvgIpc) is 2.94. The molecule has 0 bridgehead atoms.